The number of alkyl halides is 3. The standard InChI is InChI=1S/C29H33F3N2O3/c1-19(2)37-26-18-22(12-15-25(26)36-4)24(20-10-13-23(14-11-20)29(30,31)32)16-17-34-27(28(35)33-3)21-8-6-5-7-9-21/h5-15,18-19,24,27,34H,16-17H2,1-4H3,(H,33,35)/t24-,27-/m1/s1. The van der Waals surface area contributed by atoms with Crippen molar-refractivity contribution in [2.75, 3.05) is 20.7 Å². The Morgan fingerprint density at radius 1 is 0.892 bits per heavy atom. The zero-order valence-corrected chi connectivity index (χ0v) is 21.4. The van der Waals surface area contributed by atoms with Gasteiger partial charge in [-0.15, -0.1) is 0 Å². The predicted octanol–water partition coefficient (Wildman–Crippen LogP) is 6.10. The molecule has 0 bridgehead atoms. The van der Waals surface area contributed by atoms with Crippen molar-refractivity contribution >= 4 is 5.91 Å². The van der Waals surface area contributed by atoms with Crippen LogP contribution < -0.4 is 20.1 Å². The Morgan fingerprint density at radius 2 is 1.54 bits per heavy atom. The highest BCUT2D eigenvalue weighted by Crippen LogP contribution is 2.37. The average molecular weight is 515 g/mol. The van der Waals surface area contributed by atoms with E-state index < -0.39 is 17.8 Å². The molecule has 2 N–H and O–H groups in total. The van der Waals surface area contributed by atoms with E-state index in [1.54, 1.807) is 20.2 Å². The summed E-state index contributed by atoms with van der Waals surface area (Å²) in [7, 11) is 3.14. The molecule has 3 rings (SSSR count). The van der Waals surface area contributed by atoms with Crippen LogP contribution in [0.2, 0.25) is 0 Å². The monoisotopic (exact) mass is 514 g/mol. The van der Waals surface area contributed by atoms with Gasteiger partial charge in [-0.2, -0.15) is 13.2 Å². The highest BCUT2D eigenvalue weighted by Gasteiger charge is 2.30. The van der Waals surface area contributed by atoms with Crippen LogP contribution in [0.1, 0.15) is 54.5 Å². The van der Waals surface area contributed by atoms with E-state index in [-0.39, 0.29) is 17.9 Å². The number of methoxy groups -OCH3 is 1. The number of carbonyl (C=O) groups is 1. The van der Waals surface area contributed by atoms with Gasteiger partial charge in [0.1, 0.15) is 6.04 Å². The van der Waals surface area contributed by atoms with Crippen LogP contribution in [-0.4, -0.2) is 32.7 Å². The molecule has 1 amide bonds. The fraction of sp³-hybridized carbons (Fsp3) is 0.345. The van der Waals surface area contributed by atoms with E-state index in [0.29, 0.717) is 24.5 Å². The quantitative estimate of drug-likeness (QED) is 0.325. The Kier molecular flexibility index (Phi) is 9.58. The summed E-state index contributed by atoms with van der Waals surface area (Å²) >= 11 is 0. The molecule has 0 aliphatic carbocycles. The molecular weight excluding hydrogens is 481 g/mol. The van der Waals surface area contributed by atoms with Crippen LogP contribution in [-0.2, 0) is 11.0 Å². The number of likely N-dealkylation sites (N-methyl/N-ethyl adjacent to an activating group) is 1. The second kappa shape index (κ2) is 12.6. The molecule has 0 aromatic heterocycles. The second-order valence-electron chi connectivity index (χ2n) is 8.95. The number of rotatable bonds is 11. The lowest BCUT2D eigenvalue weighted by Gasteiger charge is -2.23. The van der Waals surface area contributed by atoms with Crippen LogP contribution in [0.15, 0.2) is 72.8 Å². The number of hydrogen-bond acceptors (Lipinski definition) is 4. The van der Waals surface area contributed by atoms with Crippen molar-refractivity contribution in [2.24, 2.45) is 0 Å². The fourth-order valence-corrected chi connectivity index (χ4v) is 4.21. The maximum Gasteiger partial charge on any atom is 0.416 e. The first-order chi connectivity index (χ1) is 17.6. The number of amides is 1. The number of benzene rings is 3. The Hall–Kier alpha value is -3.52. The molecule has 0 spiro atoms. The van der Waals surface area contributed by atoms with Crippen LogP contribution in [0, 0.1) is 0 Å². The van der Waals surface area contributed by atoms with Crippen LogP contribution in [0.25, 0.3) is 0 Å². The molecule has 2 atom stereocenters. The summed E-state index contributed by atoms with van der Waals surface area (Å²) in [5.74, 6) is 0.712. The third-order valence-electron chi connectivity index (χ3n) is 6.02. The second-order valence-corrected chi connectivity index (χ2v) is 8.95. The number of nitrogens with one attached hydrogen (secondary N) is 2. The molecule has 0 saturated heterocycles. The fourth-order valence-electron chi connectivity index (χ4n) is 4.21. The van der Waals surface area contributed by atoms with Crippen LogP contribution in [0.4, 0.5) is 13.2 Å². The van der Waals surface area contributed by atoms with E-state index in [1.165, 1.54) is 12.1 Å². The maximum atomic E-state index is 13.2. The van der Waals surface area contributed by atoms with Gasteiger partial charge in [-0.1, -0.05) is 48.5 Å². The van der Waals surface area contributed by atoms with Crippen LogP contribution >= 0.6 is 0 Å². The van der Waals surface area contributed by atoms with Gasteiger partial charge in [0.25, 0.3) is 0 Å². The summed E-state index contributed by atoms with van der Waals surface area (Å²) in [5, 5.41) is 6.00. The minimum Gasteiger partial charge on any atom is -0.493 e. The molecule has 37 heavy (non-hydrogen) atoms. The lowest BCUT2D eigenvalue weighted by Crippen LogP contribution is -2.36. The van der Waals surface area contributed by atoms with Gasteiger partial charge in [0, 0.05) is 13.0 Å². The number of ether oxygens (including phenoxy) is 2. The SMILES string of the molecule is CNC(=O)[C@H](NCC[C@H](c1ccc(C(F)(F)F)cc1)c1ccc(OC)c(OC(C)C)c1)c1ccccc1. The maximum absolute atomic E-state index is 13.2. The first-order valence-electron chi connectivity index (χ1n) is 12.2. The van der Waals surface area contributed by atoms with Crippen molar-refractivity contribution in [1.82, 2.24) is 10.6 Å². The van der Waals surface area contributed by atoms with Gasteiger partial charge in [0.05, 0.1) is 18.8 Å². The van der Waals surface area contributed by atoms with Gasteiger partial charge in [-0.05, 0) is 67.8 Å². The lowest BCUT2D eigenvalue weighted by atomic mass is 9.87. The molecule has 198 valence electrons. The van der Waals surface area contributed by atoms with E-state index in [9.17, 15) is 18.0 Å². The average Bonchev–Trinajstić information content (AvgIpc) is 2.88. The molecule has 3 aromatic rings. The molecule has 0 aliphatic rings. The van der Waals surface area contributed by atoms with E-state index in [1.807, 2.05) is 56.3 Å². The third kappa shape index (κ3) is 7.49. The predicted molar refractivity (Wildman–Crippen MR) is 138 cm³/mol. The van der Waals surface area contributed by atoms with Gasteiger partial charge >= 0.3 is 6.18 Å². The van der Waals surface area contributed by atoms with Gasteiger partial charge < -0.3 is 20.1 Å². The normalized spacial score (nSPS) is 13.2. The Bertz CT molecular complexity index is 1150. The summed E-state index contributed by atoms with van der Waals surface area (Å²) < 4.78 is 50.9. The summed E-state index contributed by atoms with van der Waals surface area (Å²) in [5.41, 5.74) is 1.72. The van der Waals surface area contributed by atoms with Gasteiger partial charge in [-0.25, -0.2) is 0 Å². The van der Waals surface area contributed by atoms with Gasteiger partial charge in [0.2, 0.25) is 5.91 Å². The molecule has 0 fully saturated rings. The molecule has 0 unspecified atom stereocenters. The topological polar surface area (TPSA) is 59.6 Å². The Morgan fingerprint density at radius 3 is 2.11 bits per heavy atom. The molecule has 5 nitrogen and oxygen atoms in total. The minimum absolute atomic E-state index is 0.0884. The minimum atomic E-state index is -4.41. The van der Waals surface area contributed by atoms with Crippen molar-refractivity contribution in [3.8, 4) is 11.5 Å². The first kappa shape index (κ1) is 28.1. The van der Waals surface area contributed by atoms with E-state index >= 15 is 0 Å². The van der Waals surface area contributed by atoms with Crippen molar-refractivity contribution < 1.29 is 27.4 Å². The Labute approximate surface area is 216 Å². The summed E-state index contributed by atoms with van der Waals surface area (Å²) in [4.78, 5) is 12.6. The molecule has 0 aliphatic heterocycles. The molecule has 0 heterocycles. The molecule has 0 saturated carbocycles. The van der Waals surface area contributed by atoms with Crippen molar-refractivity contribution in [3.05, 3.63) is 95.1 Å². The highest BCUT2D eigenvalue weighted by molar-refractivity contribution is 5.82. The largest absolute Gasteiger partial charge is 0.493 e. The molecular formula is C29H33F3N2O3. The highest BCUT2D eigenvalue weighted by atomic mass is 19.4. The third-order valence-corrected chi connectivity index (χ3v) is 6.02. The van der Waals surface area contributed by atoms with Crippen molar-refractivity contribution in [2.45, 2.75) is 44.5 Å². The zero-order valence-electron chi connectivity index (χ0n) is 21.4. The summed E-state index contributed by atoms with van der Waals surface area (Å²) in [6.07, 6.45) is -3.97. The van der Waals surface area contributed by atoms with Crippen molar-refractivity contribution in [3.63, 3.8) is 0 Å². The number of hydrogen-bond donors (Lipinski definition) is 2. The molecule has 0 radical (unpaired) electrons. The van der Waals surface area contributed by atoms with Crippen LogP contribution in [0.3, 0.4) is 0 Å². The summed E-state index contributed by atoms with van der Waals surface area (Å²) in [6.45, 7) is 4.25. The van der Waals surface area contributed by atoms with E-state index in [4.69, 9.17) is 9.47 Å². The molecule has 8 heteroatoms. The van der Waals surface area contributed by atoms with Gasteiger partial charge in [0.15, 0.2) is 11.5 Å². The summed E-state index contributed by atoms with van der Waals surface area (Å²) in [6, 6.07) is 19.6. The molecule has 3 aromatic carbocycles. The van der Waals surface area contributed by atoms with Gasteiger partial charge in [-0.3, -0.25) is 4.79 Å². The lowest BCUT2D eigenvalue weighted by molar-refractivity contribution is -0.137. The number of halogens is 3. The smallest absolute Gasteiger partial charge is 0.416 e. The van der Waals surface area contributed by atoms with Crippen molar-refractivity contribution in [1.29, 1.82) is 0 Å². The Balaban J connectivity index is 1.92. The zero-order chi connectivity index (χ0) is 27.0. The van der Waals surface area contributed by atoms with Crippen LogP contribution in [0.5, 0.6) is 11.5 Å². The first-order valence-corrected chi connectivity index (χ1v) is 12.2. The number of carbonyl (C=O) groups excluding carboxylic acids is 1. The van der Waals surface area contributed by atoms with E-state index in [0.717, 1.165) is 28.8 Å². The van der Waals surface area contributed by atoms with E-state index in [2.05, 4.69) is 10.6 Å².